The highest BCUT2D eigenvalue weighted by Crippen LogP contribution is 2.38. The van der Waals surface area contributed by atoms with E-state index in [2.05, 4.69) is 4.98 Å². The summed E-state index contributed by atoms with van der Waals surface area (Å²) in [5.74, 6) is -6.13. The summed E-state index contributed by atoms with van der Waals surface area (Å²) in [4.78, 5) is 16.5. The van der Waals surface area contributed by atoms with Crippen LogP contribution in [-0.4, -0.2) is 72.0 Å². The quantitative estimate of drug-likeness (QED) is 0.344. The molecule has 0 atom stereocenters. The van der Waals surface area contributed by atoms with Gasteiger partial charge in [0.2, 0.25) is 10.0 Å². The minimum absolute atomic E-state index is 0.0583. The van der Waals surface area contributed by atoms with Gasteiger partial charge in [0.15, 0.2) is 4.75 Å². The zero-order chi connectivity index (χ0) is 25.2. The van der Waals surface area contributed by atoms with Crippen LogP contribution in [0.1, 0.15) is 42.9 Å². The molecule has 0 saturated carbocycles. The highest BCUT2D eigenvalue weighted by atomic mass is 32.2. The molecule has 1 aromatic heterocycles. The third-order valence-electron chi connectivity index (χ3n) is 6.19. The molecular formula is C20H24F5N3O5S. The van der Waals surface area contributed by atoms with Gasteiger partial charge in [-0.15, -0.1) is 0 Å². The fourth-order valence-electron chi connectivity index (χ4n) is 4.10. The van der Waals surface area contributed by atoms with Gasteiger partial charge in [-0.25, -0.2) is 18.2 Å². The number of nitrogens with one attached hydrogen (secondary N) is 1. The number of pyridine rings is 1. The van der Waals surface area contributed by atoms with Crippen LogP contribution in [0.15, 0.2) is 24.4 Å². The molecule has 3 rings (SSSR count). The van der Waals surface area contributed by atoms with Crippen LogP contribution >= 0.6 is 0 Å². The molecular weight excluding hydrogens is 489 g/mol. The number of amides is 1. The number of aromatic nitrogens is 1. The summed E-state index contributed by atoms with van der Waals surface area (Å²) < 4.78 is 94.0. The Balaban J connectivity index is 1.67. The Morgan fingerprint density at radius 2 is 1.79 bits per heavy atom. The first-order valence-electron chi connectivity index (χ1n) is 10.5. The number of allylic oxidation sites excluding steroid dienone is 1. The highest BCUT2D eigenvalue weighted by molar-refractivity contribution is 7.91. The monoisotopic (exact) mass is 513 g/mol. The molecule has 2 N–H and O–H groups in total. The second-order valence-corrected chi connectivity index (χ2v) is 10.4. The molecule has 14 heteroatoms. The van der Waals surface area contributed by atoms with Gasteiger partial charge in [0, 0.05) is 57.0 Å². The second kappa shape index (κ2) is 9.84. The summed E-state index contributed by atoms with van der Waals surface area (Å²) in [5.41, 5.74) is 2.07. The summed E-state index contributed by atoms with van der Waals surface area (Å²) in [6.07, 6.45) is -3.57. The number of hydroxylamine groups is 1. The van der Waals surface area contributed by atoms with Crippen molar-refractivity contribution in [2.24, 2.45) is 0 Å². The molecule has 1 amide bonds. The average molecular weight is 513 g/mol. The molecule has 0 radical (unpaired) electrons. The van der Waals surface area contributed by atoms with Gasteiger partial charge in [0.1, 0.15) is 0 Å². The number of carbonyl (C=O) groups excluding carboxylic acids is 1. The van der Waals surface area contributed by atoms with Crippen molar-refractivity contribution in [1.29, 1.82) is 0 Å². The lowest BCUT2D eigenvalue weighted by Gasteiger charge is -2.40. The molecule has 2 aliphatic heterocycles. The maximum Gasteiger partial charge on any atom is 0.457 e. The van der Waals surface area contributed by atoms with Crippen molar-refractivity contribution in [2.75, 3.05) is 26.3 Å². The van der Waals surface area contributed by atoms with Gasteiger partial charge in [-0.1, -0.05) is 12.1 Å². The molecule has 0 aliphatic carbocycles. The fourth-order valence-corrected chi connectivity index (χ4v) is 6.24. The Kier molecular flexibility index (Phi) is 7.65. The summed E-state index contributed by atoms with van der Waals surface area (Å²) in [6.45, 7) is 0.302. The largest absolute Gasteiger partial charge is 0.457 e. The maximum atomic E-state index is 13.3. The van der Waals surface area contributed by atoms with Gasteiger partial charge in [0.25, 0.3) is 5.91 Å². The van der Waals surface area contributed by atoms with Crippen molar-refractivity contribution in [3.8, 4) is 0 Å². The summed E-state index contributed by atoms with van der Waals surface area (Å²) in [7, 11) is -4.11. The number of halogens is 5. The molecule has 2 fully saturated rings. The van der Waals surface area contributed by atoms with E-state index in [1.807, 2.05) is 0 Å². The third kappa shape index (κ3) is 5.09. The molecule has 190 valence electrons. The number of hydrogen-bond donors (Lipinski definition) is 2. The van der Waals surface area contributed by atoms with Crippen LogP contribution < -0.4 is 5.48 Å². The van der Waals surface area contributed by atoms with Gasteiger partial charge in [-0.3, -0.25) is 15.0 Å². The predicted molar refractivity (Wildman–Crippen MR) is 109 cm³/mol. The Hall–Kier alpha value is -2.16. The zero-order valence-electron chi connectivity index (χ0n) is 17.9. The van der Waals surface area contributed by atoms with E-state index in [9.17, 15) is 35.2 Å². The fraction of sp³-hybridized carbons (Fsp3) is 0.600. The SMILES string of the molecule is O=C(NO)C1(S(=O)(=O)N2CCC(c3ccc(/C=C/C(F)(F)C(F)(F)F)cn3)CC2)CCOCC1. The standard InChI is InChI=1S/C20H24F5N3O5S/c21-19(22,20(23,24)25)6-3-14-1-2-16(26-13-14)15-4-9-28(10-5-15)34(31,32)18(17(29)27-30)7-11-33-12-8-18/h1-3,6,13,15,30H,4-5,7-12H2,(H,27,29)/b6-3+. The van der Waals surface area contributed by atoms with Gasteiger partial charge in [-0.05, 0) is 30.5 Å². The van der Waals surface area contributed by atoms with Crippen LogP contribution in [0.3, 0.4) is 0 Å². The van der Waals surface area contributed by atoms with Crippen molar-refractivity contribution in [2.45, 2.75) is 48.4 Å². The number of alkyl halides is 5. The molecule has 0 unspecified atom stereocenters. The first-order chi connectivity index (χ1) is 15.8. The molecule has 3 heterocycles. The topological polar surface area (TPSA) is 109 Å². The van der Waals surface area contributed by atoms with Gasteiger partial charge in [0.05, 0.1) is 0 Å². The molecule has 0 spiro atoms. The van der Waals surface area contributed by atoms with Crippen LogP contribution in [0.25, 0.3) is 6.08 Å². The minimum Gasteiger partial charge on any atom is -0.381 e. The molecule has 2 saturated heterocycles. The van der Waals surface area contributed by atoms with Crippen molar-refractivity contribution in [1.82, 2.24) is 14.8 Å². The maximum absolute atomic E-state index is 13.3. The van der Waals surface area contributed by atoms with E-state index in [0.717, 1.165) is 0 Å². The van der Waals surface area contributed by atoms with Crippen molar-refractivity contribution in [3.63, 3.8) is 0 Å². The molecule has 1 aromatic rings. The van der Waals surface area contributed by atoms with Gasteiger partial charge in [-0.2, -0.15) is 22.0 Å². The lowest BCUT2D eigenvalue weighted by atomic mass is 9.94. The van der Waals surface area contributed by atoms with Crippen LogP contribution in [0.2, 0.25) is 0 Å². The summed E-state index contributed by atoms with van der Waals surface area (Å²) in [6, 6.07) is 2.86. The number of nitrogens with zero attached hydrogens (tertiary/aromatic N) is 2. The van der Waals surface area contributed by atoms with Crippen molar-refractivity contribution < 1.29 is 45.1 Å². The molecule has 8 nitrogen and oxygen atoms in total. The zero-order valence-corrected chi connectivity index (χ0v) is 18.7. The van der Waals surface area contributed by atoms with Crippen LogP contribution in [0.4, 0.5) is 22.0 Å². The smallest absolute Gasteiger partial charge is 0.381 e. The second-order valence-electron chi connectivity index (χ2n) is 8.20. The van der Waals surface area contributed by atoms with Crippen LogP contribution in [-0.2, 0) is 19.6 Å². The molecule has 34 heavy (non-hydrogen) atoms. The van der Waals surface area contributed by atoms with Crippen LogP contribution in [0.5, 0.6) is 0 Å². The van der Waals surface area contributed by atoms with E-state index in [1.54, 1.807) is 0 Å². The molecule has 2 aliphatic rings. The number of ether oxygens (including phenoxy) is 1. The lowest BCUT2D eigenvalue weighted by Crippen LogP contribution is -2.60. The Morgan fingerprint density at radius 1 is 1.18 bits per heavy atom. The Bertz CT molecular complexity index is 1000. The predicted octanol–water partition coefficient (Wildman–Crippen LogP) is 2.86. The van der Waals surface area contributed by atoms with Crippen LogP contribution in [0, 0.1) is 0 Å². The summed E-state index contributed by atoms with van der Waals surface area (Å²) >= 11 is 0. The van der Waals surface area contributed by atoms with Crippen molar-refractivity contribution in [3.05, 3.63) is 35.7 Å². The van der Waals surface area contributed by atoms with Gasteiger partial charge >= 0.3 is 12.1 Å². The number of rotatable bonds is 6. The number of piperidine rings is 1. The molecule has 0 aromatic carbocycles. The average Bonchev–Trinajstić information content (AvgIpc) is 2.82. The number of carbonyl (C=O) groups is 1. The first kappa shape index (κ1) is 26.4. The van der Waals surface area contributed by atoms with E-state index < -0.39 is 32.8 Å². The Labute approximate surface area is 192 Å². The van der Waals surface area contributed by atoms with E-state index in [0.29, 0.717) is 24.6 Å². The first-order valence-corrected chi connectivity index (χ1v) is 11.9. The molecule has 0 bridgehead atoms. The minimum atomic E-state index is -5.69. The van der Waals surface area contributed by atoms with E-state index in [1.165, 1.54) is 28.1 Å². The lowest BCUT2D eigenvalue weighted by molar-refractivity contribution is -0.258. The van der Waals surface area contributed by atoms with E-state index in [-0.39, 0.29) is 56.7 Å². The number of hydrogen-bond acceptors (Lipinski definition) is 6. The normalized spacial score (nSPS) is 21.0. The third-order valence-corrected chi connectivity index (χ3v) is 8.82. The number of sulfonamides is 1. The van der Waals surface area contributed by atoms with Gasteiger partial charge < -0.3 is 4.74 Å². The van der Waals surface area contributed by atoms with Crippen molar-refractivity contribution >= 4 is 22.0 Å². The summed E-state index contributed by atoms with van der Waals surface area (Å²) in [5, 5.41) is 9.12. The van der Waals surface area contributed by atoms with E-state index in [4.69, 9.17) is 9.94 Å². The highest BCUT2D eigenvalue weighted by Gasteiger charge is 2.56. The van der Waals surface area contributed by atoms with E-state index >= 15 is 0 Å². The Morgan fingerprint density at radius 3 is 2.29 bits per heavy atom.